The number of nitrogens with two attached hydrogens (primary N) is 1. The Morgan fingerprint density at radius 3 is 2.57 bits per heavy atom. The van der Waals surface area contributed by atoms with Crippen molar-refractivity contribution in [1.29, 1.82) is 0 Å². The second kappa shape index (κ2) is 9.57. The largest absolute Gasteiger partial charge is 0.398 e. The zero-order chi connectivity index (χ0) is 20.7. The first-order chi connectivity index (χ1) is 13.3. The minimum Gasteiger partial charge on any atom is -0.398 e. The SMILES string of the molecule is C=CC(=O)NCc1ccc(C2CCC(C(F)(F)F)CC2)cc1/C(N)=C/C=[NH+]C. The minimum atomic E-state index is -4.11. The van der Waals surface area contributed by atoms with Gasteiger partial charge in [0.1, 0.15) is 7.05 Å². The van der Waals surface area contributed by atoms with E-state index in [2.05, 4.69) is 16.9 Å². The van der Waals surface area contributed by atoms with Crippen LogP contribution in [0.2, 0.25) is 0 Å². The van der Waals surface area contributed by atoms with Gasteiger partial charge in [0, 0.05) is 23.9 Å². The molecule has 1 aliphatic carbocycles. The number of amides is 1. The van der Waals surface area contributed by atoms with Gasteiger partial charge in [-0.15, -0.1) is 0 Å². The van der Waals surface area contributed by atoms with Crippen LogP contribution in [0.1, 0.15) is 48.3 Å². The summed E-state index contributed by atoms with van der Waals surface area (Å²) in [7, 11) is 1.75. The molecule has 1 fully saturated rings. The fourth-order valence-corrected chi connectivity index (χ4v) is 3.54. The molecular weight excluding hydrogens is 367 g/mol. The monoisotopic (exact) mass is 394 g/mol. The Balaban J connectivity index is 2.25. The molecule has 2 rings (SSSR count). The molecule has 1 aromatic carbocycles. The molecule has 0 atom stereocenters. The molecule has 0 bridgehead atoms. The van der Waals surface area contributed by atoms with Crippen LogP contribution in [0.3, 0.4) is 0 Å². The van der Waals surface area contributed by atoms with Crippen LogP contribution in [-0.4, -0.2) is 25.3 Å². The molecular formula is C21H27F3N3O+. The highest BCUT2D eigenvalue weighted by Gasteiger charge is 2.41. The van der Waals surface area contributed by atoms with E-state index >= 15 is 0 Å². The average molecular weight is 394 g/mol. The molecule has 0 heterocycles. The van der Waals surface area contributed by atoms with Crippen LogP contribution in [0.4, 0.5) is 13.2 Å². The van der Waals surface area contributed by atoms with Crippen LogP contribution >= 0.6 is 0 Å². The fourth-order valence-electron chi connectivity index (χ4n) is 3.54. The van der Waals surface area contributed by atoms with Crippen molar-refractivity contribution in [3.05, 3.63) is 53.6 Å². The topological polar surface area (TPSA) is 69.1 Å². The number of alkyl halides is 3. The van der Waals surface area contributed by atoms with Crippen LogP contribution in [0, 0.1) is 5.92 Å². The second-order valence-electron chi connectivity index (χ2n) is 7.01. The molecule has 4 nitrogen and oxygen atoms in total. The lowest BCUT2D eigenvalue weighted by Crippen LogP contribution is -2.62. The lowest BCUT2D eigenvalue weighted by molar-refractivity contribution is -0.413. The fraction of sp³-hybridized carbons (Fsp3) is 0.429. The van der Waals surface area contributed by atoms with Gasteiger partial charge in [-0.2, -0.15) is 13.2 Å². The van der Waals surface area contributed by atoms with Crippen LogP contribution in [0.15, 0.2) is 36.9 Å². The molecule has 4 N–H and O–H groups in total. The Bertz CT molecular complexity index is 761. The summed E-state index contributed by atoms with van der Waals surface area (Å²) in [5.74, 6) is -1.41. The number of rotatable bonds is 6. The number of carbonyl (C=O) groups excluding carboxylic acids is 1. The number of halogens is 3. The van der Waals surface area contributed by atoms with E-state index in [4.69, 9.17) is 5.73 Å². The summed E-state index contributed by atoms with van der Waals surface area (Å²) in [6, 6.07) is 5.74. The highest BCUT2D eigenvalue weighted by Crippen LogP contribution is 2.43. The molecule has 1 saturated carbocycles. The van der Waals surface area contributed by atoms with Gasteiger partial charge in [0.05, 0.1) is 5.92 Å². The summed E-state index contributed by atoms with van der Waals surface area (Å²) < 4.78 is 38.7. The molecule has 0 aliphatic heterocycles. The van der Waals surface area contributed by atoms with Crippen molar-refractivity contribution in [2.24, 2.45) is 11.7 Å². The van der Waals surface area contributed by atoms with E-state index in [-0.39, 0.29) is 31.2 Å². The molecule has 1 aromatic rings. The van der Waals surface area contributed by atoms with Crippen LogP contribution in [0.5, 0.6) is 0 Å². The number of hydrogen-bond acceptors (Lipinski definition) is 2. The number of carbonyl (C=O) groups is 1. The molecule has 0 unspecified atom stereocenters. The van der Waals surface area contributed by atoms with Crippen molar-refractivity contribution in [2.75, 3.05) is 7.05 Å². The van der Waals surface area contributed by atoms with Gasteiger partial charge in [-0.3, -0.25) is 9.79 Å². The van der Waals surface area contributed by atoms with Gasteiger partial charge in [0.15, 0.2) is 6.21 Å². The van der Waals surface area contributed by atoms with Crippen molar-refractivity contribution in [3.8, 4) is 0 Å². The van der Waals surface area contributed by atoms with Gasteiger partial charge in [0.25, 0.3) is 0 Å². The van der Waals surface area contributed by atoms with Gasteiger partial charge >= 0.3 is 6.18 Å². The highest BCUT2D eigenvalue weighted by atomic mass is 19.4. The summed E-state index contributed by atoms with van der Waals surface area (Å²) >= 11 is 0. The third kappa shape index (κ3) is 5.71. The summed E-state index contributed by atoms with van der Waals surface area (Å²) in [6.45, 7) is 3.72. The average Bonchev–Trinajstić information content (AvgIpc) is 2.69. The smallest absolute Gasteiger partial charge is 0.391 e. The Morgan fingerprint density at radius 1 is 1.32 bits per heavy atom. The van der Waals surface area contributed by atoms with Gasteiger partial charge in [0.2, 0.25) is 5.91 Å². The van der Waals surface area contributed by atoms with Crippen LogP contribution < -0.4 is 16.0 Å². The van der Waals surface area contributed by atoms with Crippen molar-refractivity contribution < 1.29 is 23.0 Å². The van der Waals surface area contributed by atoms with E-state index in [1.165, 1.54) is 6.08 Å². The first-order valence-corrected chi connectivity index (χ1v) is 9.32. The maximum absolute atomic E-state index is 12.9. The minimum absolute atomic E-state index is 0.0789. The molecule has 7 heteroatoms. The van der Waals surface area contributed by atoms with Gasteiger partial charge < -0.3 is 11.1 Å². The molecule has 28 heavy (non-hydrogen) atoms. The Hall–Kier alpha value is -2.57. The van der Waals surface area contributed by atoms with Gasteiger partial charge in [-0.05, 0) is 54.9 Å². The summed E-state index contributed by atoms with van der Waals surface area (Å²) in [6.07, 6.45) is 1.81. The quantitative estimate of drug-likeness (QED) is 0.512. The van der Waals surface area contributed by atoms with Crippen molar-refractivity contribution in [3.63, 3.8) is 0 Å². The Morgan fingerprint density at radius 2 is 2.00 bits per heavy atom. The van der Waals surface area contributed by atoms with E-state index < -0.39 is 12.1 Å². The van der Waals surface area contributed by atoms with Crippen molar-refractivity contribution in [2.45, 2.75) is 44.3 Å². The van der Waals surface area contributed by atoms with Crippen LogP contribution in [0.25, 0.3) is 5.70 Å². The van der Waals surface area contributed by atoms with E-state index in [9.17, 15) is 18.0 Å². The maximum Gasteiger partial charge on any atom is 0.391 e. The summed E-state index contributed by atoms with van der Waals surface area (Å²) in [5, 5.41) is 2.73. The molecule has 152 valence electrons. The van der Waals surface area contributed by atoms with E-state index in [1.807, 2.05) is 18.2 Å². The predicted octanol–water partition coefficient (Wildman–Crippen LogP) is 2.41. The standard InChI is InChI=1S/C21H26F3N3O/c1-3-20(28)27-13-16-5-4-15(12-18(16)19(25)10-11-26-2)14-6-8-17(9-7-14)21(22,23)24/h3-5,10-12,14,17H,1,6-9,13,25H2,2H3,(H,27,28)/p+1/b19-10-,26-11?. The molecule has 0 saturated heterocycles. The highest BCUT2D eigenvalue weighted by molar-refractivity contribution is 5.87. The predicted molar refractivity (Wildman–Crippen MR) is 104 cm³/mol. The Kier molecular flexibility index (Phi) is 7.43. The van der Waals surface area contributed by atoms with E-state index in [0.29, 0.717) is 18.5 Å². The van der Waals surface area contributed by atoms with Gasteiger partial charge in [-0.1, -0.05) is 18.7 Å². The third-order valence-electron chi connectivity index (χ3n) is 5.17. The van der Waals surface area contributed by atoms with E-state index in [1.54, 1.807) is 19.3 Å². The zero-order valence-electron chi connectivity index (χ0n) is 16.0. The molecule has 0 radical (unpaired) electrons. The summed E-state index contributed by atoms with van der Waals surface area (Å²) in [5.41, 5.74) is 9.31. The second-order valence-corrected chi connectivity index (χ2v) is 7.01. The van der Waals surface area contributed by atoms with E-state index in [0.717, 1.165) is 16.7 Å². The number of allylic oxidation sites excluding steroid dienone is 1. The lowest BCUT2D eigenvalue weighted by atomic mass is 9.78. The maximum atomic E-state index is 12.9. The molecule has 0 aromatic heterocycles. The number of nitrogens with one attached hydrogen (secondary N) is 2. The van der Waals surface area contributed by atoms with Gasteiger partial charge in [-0.25, -0.2) is 0 Å². The first-order valence-electron chi connectivity index (χ1n) is 9.32. The van der Waals surface area contributed by atoms with Crippen LogP contribution in [-0.2, 0) is 11.3 Å². The normalized spacial score (nSPS) is 20.9. The molecule has 1 amide bonds. The summed E-state index contributed by atoms with van der Waals surface area (Å²) in [4.78, 5) is 14.4. The molecule has 0 spiro atoms. The lowest BCUT2D eigenvalue weighted by Gasteiger charge is -2.30. The molecule has 1 aliphatic rings. The van der Waals surface area contributed by atoms with Crippen molar-refractivity contribution >= 4 is 17.8 Å². The van der Waals surface area contributed by atoms with Crippen molar-refractivity contribution in [1.82, 2.24) is 5.32 Å². The zero-order valence-corrected chi connectivity index (χ0v) is 16.0. The number of hydrogen-bond donors (Lipinski definition) is 3. The third-order valence-corrected chi connectivity index (χ3v) is 5.17. The first kappa shape index (κ1) is 21.7. The Labute approximate surface area is 163 Å². The number of benzene rings is 1.